The van der Waals surface area contributed by atoms with Crippen LogP contribution >= 0.6 is 11.3 Å². The van der Waals surface area contributed by atoms with Crippen LogP contribution < -0.4 is 4.90 Å². The minimum Gasteiger partial charge on any atom is -0.391 e. The van der Waals surface area contributed by atoms with E-state index < -0.39 is 0 Å². The van der Waals surface area contributed by atoms with E-state index in [1.807, 2.05) is 19.0 Å². The number of aliphatic hydroxyl groups excluding tert-OH is 1. The van der Waals surface area contributed by atoms with Crippen LogP contribution in [0.1, 0.15) is 4.88 Å². The molecule has 1 aromatic heterocycles. The summed E-state index contributed by atoms with van der Waals surface area (Å²) in [6, 6.07) is 0. The highest BCUT2D eigenvalue weighted by Crippen LogP contribution is 2.19. The van der Waals surface area contributed by atoms with Crippen molar-refractivity contribution in [3.8, 4) is 0 Å². The van der Waals surface area contributed by atoms with Crippen molar-refractivity contribution < 1.29 is 5.11 Å². The molecule has 0 spiro atoms. The fraction of sp³-hybridized carbons (Fsp3) is 0.500. The standard InChI is InChI=1S/C6H10N2OS/c1-8(2)6-7-3-5(4-9)10-6/h3,9H,4H2,1-2H3. The first kappa shape index (κ1) is 7.50. The molecule has 0 fully saturated rings. The molecule has 0 atom stereocenters. The number of rotatable bonds is 2. The van der Waals surface area contributed by atoms with Gasteiger partial charge in [0.05, 0.1) is 11.5 Å². The summed E-state index contributed by atoms with van der Waals surface area (Å²) in [4.78, 5) is 6.90. The van der Waals surface area contributed by atoms with Gasteiger partial charge >= 0.3 is 0 Å². The lowest BCUT2D eigenvalue weighted by atomic mass is 10.6. The van der Waals surface area contributed by atoms with Crippen molar-refractivity contribution in [3.05, 3.63) is 11.1 Å². The largest absolute Gasteiger partial charge is 0.391 e. The molecule has 0 amide bonds. The maximum atomic E-state index is 8.68. The summed E-state index contributed by atoms with van der Waals surface area (Å²) in [7, 11) is 3.86. The van der Waals surface area contributed by atoms with E-state index in [9.17, 15) is 0 Å². The van der Waals surface area contributed by atoms with Gasteiger partial charge in [0.25, 0.3) is 0 Å². The molecule has 0 aromatic carbocycles. The smallest absolute Gasteiger partial charge is 0.185 e. The Morgan fingerprint density at radius 1 is 1.70 bits per heavy atom. The first-order valence-corrected chi connectivity index (χ1v) is 3.78. The van der Waals surface area contributed by atoms with Crippen LogP contribution in [-0.2, 0) is 6.61 Å². The maximum Gasteiger partial charge on any atom is 0.185 e. The van der Waals surface area contributed by atoms with Crippen molar-refractivity contribution in [2.45, 2.75) is 6.61 Å². The lowest BCUT2D eigenvalue weighted by Crippen LogP contribution is -2.07. The maximum absolute atomic E-state index is 8.68. The van der Waals surface area contributed by atoms with Gasteiger partial charge in [-0.05, 0) is 0 Å². The molecule has 1 heterocycles. The van der Waals surface area contributed by atoms with Crippen molar-refractivity contribution in [1.29, 1.82) is 0 Å². The van der Waals surface area contributed by atoms with Gasteiger partial charge in [-0.15, -0.1) is 0 Å². The Balaban J connectivity index is 2.78. The van der Waals surface area contributed by atoms with E-state index in [-0.39, 0.29) is 6.61 Å². The highest BCUT2D eigenvalue weighted by Gasteiger charge is 2.00. The number of thiazole rings is 1. The van der Waals surface area contributed by atoms with Crippen LogP contribution in [0, 0.1) is 0 Å². The molecule has 0 unspecified atom stereocenters. The predicted octanol–water partition coefficient (Wildman–Crippen LogP) is 0.701. The third-order valence-electron chi connectivity index (χ3n) is 1.08. The fourth-order valence-corrected chi connectivity index (χ4v) is 1.27. The van der Waals surface area contributed by atoms with Gasteiger partial charge in [0.2, 0.25) is 0 Å². The highest BCUT2D eigenvalue weighted by atomic mass is 32.1. The molecular weight excluding hydrogens is 148 g/mol. The normalized spacial score (nSPS) is 9.90. The Labute approximate surface area is 63.9 Å². The second kappa shape index (κ2) is 2.98. The number of aromatic nitrogens is 1. The molecule has 0 aliphatic rings. The average Bonchev–Trinajstić information content (AvgIpc) is 2.34. The molecule has 1 aromatic rings. The Hall–Kier alpha value is -0.610. The Kier molecular flexibility index (Phi) is 2.24. The molecule has 0 saturated carbocycles. The van der Waals surface area contributed by atoms with Crippen LogP contribution in [0.25, 0.3) is 0 Å². The Morgan fingerprint density at radius 2 is 2.40 bits per heavy atom. The summed E-state index contributed by atoms with van der Waals surface area (Å²) in [5, 5.41) is 9.62. The quantitative estimate of drug-likeness (QED) is 0.688. The van der Waals surface area contributed by atoms with Gasteiger partial charge in [-0.2, -0.15) is 0 Å². The number of nitrogens with zero attached hydrogens (tertiary/aromatic N) is 2. The summed E-state index contributed by atoms with van der Waals surface area (Å²) in [6.07, 6.45) is 1.69. The molecule has 1 N–H and O–H groups in total. The van der Waals surface area contributed by atoms with Gasteiger partial charge in [-0.1, -0.05) is 11.3 Å². The van der Waals surface area contributed by atoms with Gasteiger partial charge in [-0.3, -0.25) is 0 Å². The second-order valence-electron chi connectivity index (χ2n) is 2.16. The summed E-state index contributed by atoms with van der Waals surface area (Å²) in [6.45, 7) is 0.0888. The fourth-order valence-electron chi connectivity index (χ4n) is 0.577. The van der Waals surface area contributed by atoms with Crippen LogP contribution in [0.5, 0.6) is 0 Å². The van der Waals surface area contributed by atoms with Crippen molar-refractivity contribution in [2.24, 2.45) is 0 Å². The van der Waals surface area contributed by atoms with Crippen LogP contribution in [0.15, 0.2) is 6.20 Å². The first-order valence-electron chi connectivity index (χ1n) is 2.97. The summed E-state index contributed by atoms with van der Waals surface area (Å²) < 4.78 is 0. The molecule has 3 nitrogen and oxygen atoms in total. The van der Waals surface area contributed by atoms with Crippen LogP contribution in [0.3, 0.4) is 0 Å². The van der Waals surface area contributed by atoms with Crippen LogP contribution in [0.4, 0.5) is 5.13 Å². The van der Waals surface area contributed by atoms with E-state index in [4.69, 9.17) is 5.11 Å². The molecule has 0 aliphatic carbocycles. The van der Waals surface area contributed by atoms with E-state index in [0.29, 0.717) is 0 Å². The highest BCUT2D eigenvalue weighted by molar-refractivity contribution is 7.15. The van der Waals surface area contributed by atoms with Crippen molar-refractivity contribution in [1.82, 2.24) is 4.98 Å². The molecule has 0 saturated heterocycles. The zero-order valence-electron chi connectivity index (χ0n) is 6.03. The summed E-state index contributed by atoms with van der Waals surface area (Å²) in [5.41, 5.74) is 0. The van der Waals surface area contributed by atoms with Gasteiger partial charge in [-0.25, -0.2) is 4.98 Å². The van der Waals surface area contributed by atoms with E-state index in [2.05, 4.69) is 4.98 Å². The predicted molar refractivity (Wildman–Crippen MR) is 42.4 cm³/mol. The minimum atomic E-state index is 0.0888. The van der Waals surface area contributed by atoms with Crippen LogP contribution in [-0.4, -0.2) is 24.2 Å². The van der Waals surface area contributed by atoms with Gasteiger partial charge in [0.1, 0.15) is 0 Å². The second-order valence-corrected chi connectivity index (χ2v) is 3.26. The SMILES string of the molecule is CN(C)c1ncc(CO)s1. The molecule has 1 rings (SSSR count). The van der Waals surface area contributed by atoms with E-state index in [0.717, 1.165) is 10.0 Å². The van der Waals surface area contributed by atoms with Crippen molar-refractivity contribution >= 4 is 16.5 Å². The molecule has 10 heavy (non-hydrogen) atoms. The molecule has 4 heteroatoms. The average molecular weight is 158 g/mol. The third kappa shape index (κ3) is 1.46. The summed E-state index contributed by atoms with van der Waals surface area (Å²) in [5.74, 6) is 0. The third-order valence-corrected chi connectivity index (χ3v) is 2.23. The van der Waals surface area contributed by atoms with E-state index in [1.165, 1.54) is 11.3 Å². The summed E-state index contributed by atoms with van der Waals surface area (Å²) >= 11 is 1.51. The molecule has 0 bridgehead atoms. The van der Waals surface area contributed by atoms with Gasteiger partial charge < -0.3 is 10.0 Å². The Bertz CT molecular complexity index is 209. The monoisotopic (exact) mass is 158 g/mol. The topological polar surface area (TPSA) is 36.4 Å². The zero-order valence-corrected chi connectivity index (χ0v) is 6.85. The number of hydrogen-bond acceptors (Lipinski definition) is 4. The number of hydrogen-bond donors (Lipinski definition) is 1. The first-order chi connectivity index (χ1) is 4.74. The lowest BCUT2D eigenvalue weighted by molar-refractivity contribution is 0.285. The molecule has 0 aliphatic heterocycles. The zero-order chi connectivity index (χ0) is 7.56. The van der Waals surface area contributed by atoms with Gasteiger partial charge in [0, 0.05) is 20.3 Å². The Morgan fingerprint density at radius 3 is 2.70 bits per heavy atom. The number of anilines is 1. The van der Waals surface area contributed by atoms with E-state index in [1.54, 1.807) is 6.20 Å². The van der Waals surface area contributed by atoms with Crippen LogP contribution in [0.2, 0.25) is 0 Å². The molecule has 56 valence electrons. The lowest BCUT2D eigenvalue weighted by Gasteiger charge is -2.04. The molecule has 0 radical (unpaired) electrons. The molecular formula is C6H10N2OS. The van der Waals surface area contributed by atoms with Crippen molar-refractivity contribution in [2.75, 3.05) is 19.0 Å². The minimum absolute atomic E-state index is 0.0888. The van der Waals surface area contributed by atoms with E-state index >= 15 is 0 Å². The number of aliphatic hydroxyl groups is 1. The van der Waals surface area contributed by atoms with Gasteiger partial charge in [0.15, 0.2) is 5.13 Å². The van der Waals surface area contributed by atoms with Crippen molar-refractivity contribution in [3.63, 3.8) is 0 Å².